The number of carboxylic acids is 1. The van der Waals surface area contributed by atoms with Crippen molar-refractivity contribution < 1.29 is 101 Å². The predicted octanol–water partition coefficient (Wildman–Crippen LogP) is 10.4. The molecule has 97 heavy (non-hydrogen) atoms. The van der Waals surface area contributed by atoms with Crippen molar-refractivity contribution in [1.29, 1.82) is 0 Å². The quantitative estimate of drug-likeness (QED) is 0.0377. The van der Waals surface area contributed by atoms with Gasteiger partial charge in [0.25, 0.3) is 0 Å². The molecule has 5 aliphatic rings. The largest absolute Gasteiger partial charge is 1.00 e. The fourth-order valence-corrected chi connectivity index (χ4v) is 10.5. The summed E-state index contributed by atoms with van der Waals surface area (Å²) in [4.78, 5) is 67.6. The second kappa shape index (κ2) is 41.5. The molecule has 0 saturated carbocycles. The van der Waals surface area contributed by atoms with E-state index in [2.05, 4.69) is 59.4 Å². The van der Waals surface area contributed by atoms with Crippen molar-refractivity contribution in [2.75, 3.05) is 46.2 Å². The third kappa shape index (κ3) is 22.6. The number of ether oxygens (including phenoxy) is 7. The number of imide groups is 1. The molecule has 2 amide bonds. The first kappa shape index (κ1) is 88.1. The Bertz CT molecular complexity index is 3680. The molecule has 33 heteroatoms. The molecule has 12 rings (SSSR count). The minimum Gasteiger partial charge on any atom is -0.870 e. The topological polar surface area (TPSA) is 332 Å². The van der Waals surface area contributed by atoms with Crippen molar-refractivity contribution in [2.24, 2.45) is 0 Å². The van der Waals surface area contributed by atoms with E-state index in [1.54, 1.807) is 106 Å². The Labute approximate surface area is 609 Å². The van der Waals surface area contributed by atoms with Crippen LogP contribution in [0.5, 0.6) is 23.5 Å². The zero-order valence-corrected chi connectivity index (χ0v) is 57.5. The third-order valence-electron chi connectivity index (χ3n) is 14.1. The second-order valence-electron chi connectivity index (χ2n) is 20.6. The van der Waals surface area contributed by atoms with Gasteiger partial charge < -0.3 is 53.8 Å². The molecule has 4 atom stereocenters. The van der Waals surface area contributed by atoms with E-state index in [0.717, 1.165) is 40.7 Å². The van der Waals surface area contributed by atoms with Crippen LogP contribution in [0.4, 0.5) is 0 Å². The first-order valence-electron chi connectivity index (χ1n) is 29.0. The van der Waals surface area contributed by atoms with E-state index in [-0.39, 0.29) is 107 Å². The van der Waals surface area contributed by atoms with Crippen LogP contribution in [-0.2, 0) is 23.8 Å². The monoisotopic (exact) mass is 1530 g/mol. The number of esters is 3. The van der Waals surface area contributed by atoms with Crippen LogP contribution in [0.1, 0.15) is 183 Å². The number of hydrogen-bond donors (Lipinski definition) is 3. The van der Waals surface area contributed by atoms with Crippen LogP contribution >= 0.6 is 66.9 Å². The molecule has 0 bridgehead atoms. The van der Waals surface area contributed by atoms with Gasteiger partial charge in [-0.2, -0.15) is 20.4 Å². The molecule has 4 N–H and O–H groups in total. The summed E-state index contributed by atoms with van der Waals surface area (Å²) in [6, 6.07) is 23.0. The number of aromatic carboxylic acids is 1. The number of carbonyl (C=O) groups excluding carboxylic acids is 5. The van der Waals surface area contributed by atoms with E-state index in [0.29, 0.717) is 124 Å². The average molecular weight is 1540 g/mol. The molecule has 5 aliphatic heterocycles. The van der Waals surface area contributed by atoms with Crippen molar-refractivity contribution in [3.63, 3.8) is 0 Å². The van der Waals surface area contributed by atoms with Crippen molar-refractivity contribution in [3.05, 3.63) is 121 Å². The van der Waals surface area contributed by atoms with Crippen LogP contribution in [0.25, 0.3) is 22.3 Å². The van der Waals surface area contributed by atoms with Gasteiger partial charge in [0.2, 0.25) is 35.3 Å². The number of nitrogens with zero attached hydrogens (tertiary/aromatic N) is 9. The Kier molecular flexibility index (Phi) is 37.7. The molecule has 1 fully saturated rings. The Hall–Kier alpha value is -6.91. The van der Waals surface area contributed by atoms with Crippen LogP contribution in [0.2, 0.25) is 15.1 Å². The van der Waals surface area contributed by atoms with E-state index < -0.39 is 31.0 Å². The third-order valence-corrected chi connectivity index (χ3v) is 16.3. The van der Waals surface area contributed by atoms with Crippen LogP contribution in [0.15, 0.2) is 83.3 Å². The van der Waals surface area contributed by atoms with Crippen LogP contribution in [0, 0.1) is 0 Å². The van der Waals surface area contributed by atoms with E-state index >= 15 is 0 Å². The fourth-order valence-electron chi connectivity index (χ4n) is 9.21. The SMILES string of the molecule is C.C.C.C.CC1CCOc2c(-c3ccc(Cl)cc3)c(C(=O)O)nn21.CCOC(=O)c1cc2n(n1)C(C)CCO2.CCOC(=O)c1nn2c(c1-c1ccc(Cl)cc1)OCCC2C.CCOC(=O)c1nn2c(c1Br)OCCC2C.O=C1CCC(=O)N1Br.OB(O)c1ccc(Cl)cc1.[Li+].[OH-]. The summed E-state index contributed by atoms with van der Waals surface area (Å²) in [5.41, 5.74) is 4.10. The summed E-state index contributed by atoms with van der Waals surface area (Å²) in [6.45, 7) is 16.9. The van der Waals surface area contributed by atoms with Crippen LogP contribution in [0.3, 0.4) is 0 Å². The number of amides is 2. The summed E-state index contributed by atoms with van der Waals surface area (Å²) in [6.07, 6.45) is 4.18. The number of carbonyl (C=O) groups is 6. The van der Waals surface area contributed by atoms with Crippen molar-refractivity contribution in [3.8, 4) is 45.8 Å². The molecule has 4 aromatic heterocycles. The number of aromatic nitrogens is 8. The second-order valence-corrected chi connectivity index (χ2v) is 23.4. The Morgan fingerprint density at radius 1 is 0.546 bits per heavy atom. The van der Waals surface area contributed by atoms with Gasteiger partial charge in [-0.3, -0.25) is 9.59 Å². The van der Waals surface area contributed by atoms with Gasteiger partial charge in [-0.15, -0.1) is 0 Å². The maximum absolute atomic E-state index is 12.3. The molecule has 0 spiro atoms. The van der Waals surface area contributed by atoms with Gasteiger partial charge in [-0.05, 0) is 117 Å². The van der Waals surface area contributed by atoms with Crippen molar-refractivity contribution >= 4 is 115 Å². The van der Waals surface area contributed by atoms with Gasteiger partial charge in [-0.1, -0.05) is 101 Å². The summed E-state index contributed by atoms with van der Waals surface area (Å²) in [5, 5.41) is 45.4. The van der Waals surface area contributed by atoms with Gasteiger partial charge in [0, 0.05) is 59.7 Å². The average Bonchev–Trinajstić information content (AvgIpc) is 1.64. The number of fused-ring (bicyclic) bond motifs is 4. The molecular weight excluding hydrogens is 1450 g/mol. The molecule has 1 saturated heterocycles. The molecule has 0 radical (unpaired) electrons. The molecule has 26 nitrogen and oxygen atoms in total. The van der Waals surface area contributed by atoms with Crippen molar-refractivity contribution in [1.82, 2.24) is 43.0 Å². The summed E-state index contributed by atoms with van der Waals surface area (Å²) < 4.78 is 45.6. The molecule has 0 aliphatic carbocycles. The maximum atomic E-state index is 12.3. The molecule has 3 aromatic carbocycles. The summed E-state index contributed by atoms with van der Waals surface area (Å²) in [7, 11) is -1.41. The Morgan fingerprint density at radius 2 is 0.897 bits per heavy atom. The van der Waals surface area contributed by atoms with Crippen LogP contribution < -0.4 is 43.3 Å². The standard InChI is InChI=1S/C16H17ClN2O3.C14H13ClN2O3.C10H13BrN2O3.C10H14N2O3.C6H6BClO2.C4H4BrNO2.4CH4.Li.H2O/c1-3-21-16(20)14-13(11-4-6-12(17)7-5-11)15-19(18-14)10(2)8-9-22-15;1-8-6-7-20-13-11(9-2-4-10(15)5-3-9)12(14(18)19)16-17(8)13;1-3-15-10(14)8-7(11)9-13(12-8)6(2)4-5-16-9;1-3-14-10(13)8-6-9-12(11-8)7(2)4-5-15-9;8-6-3-1-5(2-4-6)7(9)10;5-6-3(7)1-2-4(6)8;;;;;;/h4-7,10H,3,8-9H2,1-2H3;2-5,8H,6-7H2,1H3,(H,18,19);6H,3-5H2,1-2H3;6-7H,3-5H2,1-2H3;1-4,9-10H;1-2H2;4*1H4;;1H2/q;;;;;;;;;;+1;/p-1. The van der Waals surface area contributed by atoms with E-state index in [1.807, 2.05) is 32.9 Å². The zero-order valence-electron chi connectivity index (χ0n) is 52.1. The summed E-state index contributed by atoms with van der Waals surface area (Å²) in [5.74, 6) is -0.212. The maximum Gasteiger partial charge on any atom is 1.00 e. The molecular formula is C64H84BBr2Cl3LiN9O17. The number of rotatable bonds is 10. The van der Waals surface area contributed by atoms with Gasteiger partial charge >= 0.3 is 49.9 Å². The van der Waals surface area contributed by atoms with E-state index in [1.165, 1.54) is 0 Å². The molecule has 9 heterocycles. The minimum atomic E-state index is -1.41. The number of benzene rings is 3. The van der Waals surface area contributed by atoms with Gasteiger partial charge in [0.05, 0.1) is 97.7 Å². The number of hydrogen-bond acceptors (Lipinski definition) is 20. The van der Waals surface area contributed by atoms with E-state index in [9.17, 15) is 33.9 Å². The van der Waals surface area contributed by atoms with Gasteiger partial charge in [0.1, 0.15) is 4.47 Å². The van der Waals surface area contributed by atoms with E-state index in [4.69, 9.17) is 78.0 Å². The number of carboxylic acid groups (broad SMARTS) is 1. The first-order valence-corrected chi connectivity index (χ1v) is 31.6. The number of halogens is 5. The normalized spacial score (nSPS) is 16.1. The smallest absolute Gasteiger partial charge is 0.870 e. The minimum absolute atomic E-state index is 0. The fraction of sp³-hybridized carbons (Fsp3) is 0.438. The van der Waals surface area contributed by atoms with Crippen molar-refractivity contribution in [2.45, 2.75) is 141 Å². The Morgan fingerprint density at radius 3 is 1.28 bits per heavy atom. The van der Waals surface area contributed by atoms with Gasteiger partial charge in [-0.25, -0.2) is 41.8 Å². The Balaban J connectivity index is 0.000000590. The van der Waals surface area contributed by atoms with Gasteiger partial charge in [0.15, 0.2) is 22.8 Å². The first-order chi connectivity index (χ1) is 43.5. The zero-order chi connectivity index (χ0) is 66.2. The molecule has 7 aromatic rings. The predicted molar refractivity (Wildman–Crippen MR) is 372 cm³/mol. The molecule has 4 unspecified atom stereocenters. The molecule has 526 valence electrons. The van der Waals surface area contributed by atoms with Crippen LogP contribution in [-0.4, -0.2) is 153 Å². The summed E-state index contributed by atoms with van der Waals surface area (Å²) >= 11 is 23.5.